The van der Waals surface area contributed by atoms with Crippen molar-refractivity contribution in [2.75, 3.05) is 11.9 Å². The van der Waals surface area contributed by atoms with E-state index in [4.69, 9.17) is 9.72 Å². The van der Waals surface area contributed by atoms with E-state index in [1.54, 1.807) is 33.3 Å². The van der Waals surface area contributed by atoms with Gasteiger partial charge in [-0.15, -0.1) is 0 Å². The Hall–Kier alpha value is -4.21. The van der Waals surface area contributed by atoms with Gasteiger partial charge in [-0.25, -0.2) is 23.5 Å². The van der Waals surface area contributed by atoms with Gasteiger partial charge < -0.3 is 15.0 Å². The van der Waals surface area contributed by atoms with E-state index in [0.29, 0.717) is 41.3 Å². The molecule has 9 nitrogen and oxygen atoms in total. The van der Waals surface area contributed by atoms with Crippen LogP contribution in [-0.4, -0.2) is 42.5 Å². The Labute approximate surface area is 226 Å². The third kappa shape index (κ3) is 5.23. The number of halogens is 1. The Morgan fingerprint density at radius 3 is 2.59 bits per heavy atom. The van der Waals surface area contributed by atoms with Gasteiger partial charge in [-0.3, -0.25) is 4.79 Å². The molecule has 0 spiro atoms. The van der Waals surface area contributed by atoms with Crippen LogP contribution in [-0.2, 0) is 17.7 Å². The predicted molar refractivity (Wildman–Crippen MR) is 148 cm³/mol. The van der Waals surface area contributed by atoms with Crippen molar-refractivity contribution < 1.29 is 13.9 Å². The Bertz CT molecular complexity index is 1630. The van der Waals surface area contributed by atoms with Crippen LogP contribution in [0.5, 0.6) is 0 Å². The Balaban J connectivity index is 1.48. The molecule has 3 heterocycles. The van der Waals surface area contributed by atoms with E-state index < -0.39 is 5.60 Å². The number of nitrogens with zero attached hydrogens (tertiary/aromatic N) is 5. The number of amides is 1. The summed E-state index contributed by atoms with van der Waals surface area (Å²) in [6.07, 6.45) is 1.93. The molecule has 4 aromatic rings. The minimum Gasteiger partial charge on any atom is -0.444 e. The van der Waals surface area contributed by atoms with Crippen molar-refractivity contribution in [1.82, 2.24) is 24.2 Å². The second-order valence-electron chi connectivity index (χ2n) is 11.2. The van der Waals surface area contributed by atoms with Crippen molar-refractivity contribution in [1.29, 1.82) is 0 Å². The lowest BCUT2D eigenvalue weighted by Gasteiger charge is -2.31. The van der Waals surface area contributed by atoms with Crippen molar-refractivity contribution >= 4 is 28.8 Å². The fourth-order valence-electron chi connectivity index (χ4n) is 4.78. The maximum absolute atomic E-state index is 14.0. The molecule has 0 radical (unpaired) electrons. The minimum atomic E-state index is -0.557. The first-order chi connectivity index (χ1) is 18.4. The van der Waals surface area contributed by atoms with Gasteiger partial charge in [0.15, 0.2) is 5.65 Å². The zero-order valence-corrected chi connectivity index (χ0v) is 23.1. The van der Waals surface area contributed by atoms with Gasteiger partial charge in [0, 0.05) is 31.0 Å². The van der Waals surface area contributed by atoms with Crippen LogP contribution in [0.2, 0.25) is 0 Å². The van der Waals surface area contributed by atoms with Crippen LogP contribution in [0.4, 0.5) is 20.8 Å². The molecule has 5 rings (SSSR count). The van der Waals surface area contributed by atoms with E-state index in [0.717, 1.165) is 17.7 Å². The average Bonchev–Trinajstić information content (AvgIpc) is 3.16. The molecule has 0 bridgehead atoms. The van der Waals surface area contributed by atoms with Gasteiger partial charge in [-0.1, -0.05) is 6.07 Å². The first-order valence-electron chi connectivity index (χ1n) is 13.0. The lowest BCUT2D eigenvalue weighted by molar-refractivity contribution is 0.0224. The maximum atomic E-state index is 14.0. The Kier molecular flexibility index (Phi) is 6.65. The molecule has 204 valence electrons. The number of anilines is 2. The number of ether oxygens (including phenoxy) is 1. The highest BCUT2D eigenvalue weighted by molar-refractivity contribution is 5.77. The molecule has 1 amide bonds. The molecule has 2 aromatic heterocycles. The van der Waals surface area contributed by atoms with Crippen LogP contribution in [0.1, 0.15) is 57.4 Å². The third-order valence-electron chi connectivity index (χ3n) is 6.62. The molecule has 1 aliphatic heterocycles. The summed E-state index contributed by atoms with van der Waals surface area (Å²) in [6, 6.07) is 10.5. The SMILES string of the molecule is Cc1cc(-n2c3nc(Nc4ccc5c(c4)CN(C(=O)OC(C)(C)C)CC5)ncc3c(=O)n2C(C)C)ccc1F. The van der Waals surface area contributed by atoms with Crippen LogP contribution in [0, 0.1) is 12.7 Å². The molecule has 0 aliphatic carbocycles. The second kappa shape index (κ2) is 9.83. The number of aromatic nitrogens is 4. The summed E-state index contributed by atoms with van der Waals surface area (Å²) < 4.78 is 22.9. The molecule has 10 heteroatoms. The summed E-state index contributed by atoms with van der Waals surface area (Å²) in [7, 11) is 0. The van der Waals surface area contributed by atoms with Crippen molar-refractivity contribution in [3.63, 3.8) is 0 Å². The van der Waals surface area contributed by atoms with Crippen molar-refractivity contribution in [2.45, 2.75) is 66.2 Å². The summed E-state index contributed by atoms with van der Waals surface area (Å²) in [5.74, 6) is -0.000899. The van der Waals surface area contributed by atoms with Crippen LogP contribution in [0.15, 0.2) is 47.4 Å². The molecule has 0 saturated heterocycles. The zero-order valence-electron chi connectivity index (χ0n) is 23.1. The first kappa shape index (κ1) is 26.4. The van der Waals surface area contributed by atoms with E-state index >= 15 is 0 Å². The van der Waals surface area contributed by atoms with E-state index in [1.165, 1.54) is 17.8 Å². The number of hydrogen-bond acceptors (Lipinski definition) is 6. The van der Waals surface area contributed by atoms with Crippen molar-refractivity contribution in [2.24, 2.45) is 0 Å². The summed E-state index contributed by atoms with van der Waals surface area (Å²) in [6.45, 7) is 12.1. The quantitative estimate of drug-likeness (QED) is 0.365. The number of aryl methyl sites for hydroxylation is 1. The monoisotopic (exact) mass is 532 g/mol. The number of fused-ring (bicyclic) bond motifs is 2. The predicted octanol–water partition coefficient (Wildman–Crippen LogP) is 5.65. The number of nitrogens with one attached hydrogen (secondary N) is 1. The standard InChI is InChI=1S/C29H33FN6O3/c1-17(2)35-26(37)23-15-31-27(33-25(23)36(35)22-9-10-24(30)18(3)13-22)32-21-8-7-19-11-12-34(16-20(19)14-21)28(38)39-29(4,5)6/h7-10,13-15,17H,11-12,16H2,1-6H3,(H,31,32,33). The zero-order chi connectivity index (χ0) is 28.1. The summed E-state index contributed by atoms with van der Waals surface area (Å²) in [5, 5.41) is 3.61. The Morgan fingerprint density at radius 2 is 1.90 bits per heavy atom. The average molecular weight is 533 g/mol. The first-order valence-corrected chi connectivity index (χ1v) is 13.0. The van der Waals surface area contributed by atoms with Gasteiger partial charge >= 0.3 is 6.09 Å². The van der Waals surface area contributed by atoms with Gasteiger partial charge in [0.25, 0.3) is 5.56 Å². The van der Waals surface area contributed by atoms with Crippen LogP contribution >= 0.6 is 0 Å². The fraction of sp³-hybridized carbons (Fsp3) is 0.379. The maximum Gasteiger partial charge on any atom is 0.410 e. The highest BCUT2D eigenvalue weighted by Crippen LogP contribution is 2.26. The number of carbonyl (C=O) groups excluding carboxylic acids is 1. The van der Waals surface area contributed by atoms with Crippen LogP contribution in [0.3, 0.4) is 0 Å². The number of hydrogen-bond donors (Lipinski definition) is 1. The van der Waals surface area contributed by atoms with Gasteiger partial charge in [0.05, 0.1) is 5.69 Å². The second-order valence-corrected chi connectivity index (χ2v) is 11.2. The van der Waals surface area contributed by atoms with Crippen molar-refractivity contribution in [3.8, 4) is 5.69 Å². The van der Waals surface area contributed by atoms with Crippen LogP contribution in [0.25, 0.3) is 16.7 Å². The lowest BCUT2D eigenvalue weighted by atomic mass is 9.99. The molecule has 1 aliphatic rings. The summed E-state index contributed by atoms with van der Waals surface area (Å²) in [5.41, 5.74) is 3.70. The molecular weight excluding hydrogens is 499 g/mol. The summed E-state index contributed by atoms with van der Waals surface area (Å²) in [4.78, 5) is 36.7. The Morgan fingerprint density at radius 1 is 1.13 bits per heavy atom. The molecular formula is C29H33FN6O3. The van der Waals surface area contributed by atoms with Crippen molar-refractivity contribution in [3.05, 3.63) is 75.5 Å². The van der Waals surface area contributed by atoms with Gasteiger partial charge in [0.1, 0.15) is 16.8 Å². The topological polar surface area (TPSA) is 94.3 Å². The molecule has 0 atom stereocenters. The highest BCUT2D eigenvalue weighted by atomic mass is 19.1. The van der Waals surface area contributed by atoms with Gasteiger partial charge in [0.2, 0.25) is 5.95 Å². The molecule has 2 aromatic carbocycles. The molecule has 0 saturated carbocycles. The minimum absolute atomic E-state index is 0.165. The third-order valence-corrected chi connectivity index (χ3v) is 6.62. The fourth-order valence-corrected chi connectivity index (χ4v) is 4.78. The van der Waals surface area contributed by atoms with Gasteiger partial charge in [-0.2, -0.15) is 4.98 Å². The van der Waals surface area contributed by atoms with E-state index in [2.05, 4.69) is 10.3 Å². The normalized spacial score (nSPS) is 13.6. The molecule has 0 unspecified atom stereocenters. The summed E-state index contributed by atoms with van der Waals surface area (Å²) >= 11 is 0. The molecule has 39 heavy (non-hydrogen) atoms. The highest BCUT2D eigenvalue weighted by Gasteiger charge is 2.26. The molecule has 1 N–H and O–H groups in total. The van der Waals surface area contributed by atoms with E-state index in [-0.39, 0.29) is 23.5 Å². The smallest absolute Gasteiger partial charge is 0.410 e. The van der Waals surface area contributed by atoms with Gasteiger partial charge in [-0.05, 0) is 95.0 Å². The number of carbonyl (C=O) groups is 1. The van der Waals surface area contributed by atoms with E-state index in [9.17, 15) is 14.0 Å². The number of benzene rings is 2. The largest absolute Gasteiger partial charge is 0.444 e. The lowest BCUT2D eigenvalue weighted by Crippen LogP contribution is -2.39. The number of rotatable bonds is 4. The van der Waals surface area contributed by atoms with E-state index in [1.807, 2.05) is 52.8 Å². The van der Waals surface area contributed by atoms with Crippen LogP contribution < -0.4 is 10.9 Å². The molecule has 0 fully saturated rings.